The summed E-state index contributed by atoms with van der Waals surface area (Å²) in [5.74, 6) is -0.839. The predicted molar refractivity (Wildman–Crippen MR) is 71.9 cm³/mol. The molecule has 0 amide bonds. The number of carboxylic acid groups (broad SMARTS) is 1. The van der Waals surface area contributed by atoms with Crippen molar-refractivity contribution in [3.05, 3.63) is 21.4 Å². The van der Waals surface area contributed by atoms with E-state index in [4.69, 9.17) is 5.11 Å². The van der Waals surface area contributed by atoms with Gasteiger partial charge in [0.25, 0.3) is 0 Å². The highest BCUT2D eigenvalue weighted by Gasteiger charge is 2.15. The number of aromatic carboxylic acids is 1. The van der Waals surface area contributed by atoms with Crippen molar-refractivity contribution in [3.8, 4) is 0 Å². The number of likely N-dealkylation sites (N-methyl/N-ethyl adjacent to an activating group) is 1. The zero-order valence-electron chi connectivity index (χ0n) is 10.8. The largest absolute Gasteiger partial charge is 0.477 e. The summed E-state index contributed by atoms with van der Waals surface area (Å²) in [5.41, 5.74) is 4.45. The molecule has 1 aliphatic heterocycles. The first-order valence-electron chi connectivity index (χ1n) is 6.06. The number of hydrazine groups is 1. The van der Waals surface area contributed by atoms with Crippen molar-refractivity contribution in [2.45, 2.75) is 13.5 Å². The average molecular weight is 269 g/mol. The number of aryl methyl sites for hydroxylation is 1. The van der Waals surface area contributed by atoms with Gasteiger partial charge >= 0.3 is 5.97 Å². The Labute approximate surface area is 111 Å². The quantitative estimate of drug-likeness (QED) is 0.854. The summed E-state index contributed by atoms with van der Waals surface area (Å²) in [7, 11) is 2.12. The Kier molecular flexibility index (Phi) is 4.34. The van der Waals surface area contributed by atoms with E-state index in [1.807, 2.05) is 6.92 Å². The first-order valence-corrected chi connectivity index (χ1v) is 6.87. The van der Waals surface area contributed by atoms with Gasteiger partial charge in [-0.1, -0.05) is 0 Å². The van der Waals surface area contributed by atoms with E-state index < -0.39 is 5.97 Å². The molecule has 2 N–H and O–H groups in total. The molecule has 2 rings (SSSR count). The van der Waals surface area contributed by atoms with Crippen molar-refractivity contribution >= 4 is 17.3 Å². The lowest BCUT2D eigenvalue weighted by Crippen LogP contribution is -2.50. The molecule has 1 aliphatic rings. The standard InChI is InChI=1S/C12H19N3O2S/c1-9-10(7-11(18-9)12(16)17)8-13-15-5-3-14(2)4-6-15/h7,13H,3-6,8H2,1-2H3,(H,16,17). The molecular formula is C12H19N3O2S. The molecular weight excluding hydrogens is 250 g/mol. The molecule has 1 saturated heterocycles. The van der Waals surface area contributed by atoms with Gasteiger partial charge in [-0.05, 0) is 25.6 Å². The highest BCUT2D eigenvalue weighted by molar-refractivity contribution is 7.14. The lowest BCUT2D eigenvalue weighted by molar-refractivity contribution is 0.0702. The normalized spacial score (nSPS) is 18.1. The number of carbonyl (C=O) groups is 1. The first-order chi connectivity index (χ1) is 8.56. The molecule has 6 heteroatoms. The third-order valence-corrected chi connectivity index (χ3v) is 4.31. The Morgan fingerprint density at radius 2 is 2.11 bits per heavy atom. The van der Waals surface area contributed by atoms with Gasteiger partial charge in [0, 0.05) is 37.6 Å². The molecule has 2 heterocycles. The van der Waals surface area contributed by atoms with Crippen molar-refractivity contribution in [2.75, 3.05) is 33.2 Å². The van der Waals surface area contributed by atoms with Crippen LogP contribution in [0.5, 0.6) is 0 Å². The van der Waals surface area contributed by atoms with E-state index in [0.29, 0.717) is 11.4 Å². The topological polar surface area (TPSA) is 55.8 Å². The van der Waals surface area contributed by atoms with Crippen molar-refractivity contribution in [1.29, 1.82) is 0 Å². The Morgan fingerprint density at radius 1 is 1.44 bits per heavy atom. The minimum absolute atomic E-state index is 0.419. The fourth-order valence-electron chi connectivity index (χ4n) is 1.96. The van der Waals surface area contributed by atoms with Crippen LogP contribution in [0, 0.1) is 6.92 Å². The molecule has 0 aliphatic carbocycles. The Bertz CT molecular complexity index is 425. The van der Waals surface area contributed by atoms with Crippen LogP contribution in [0.4, 0.5) is 0 Å². The van der Waals surface area contributed by atoms with Gasteiger partial charge in [0.1, 0.15) is 4.88 Å². The number of piperazine rings is 1. The Hall–Kier alpha value is -0.950. The molecule has 0 unspecified atom stereocenters. The fraction of sp³-hybridized carbons (Fsp3) is 0.583. The van der Waals surface area contributed by atoms with Gasteiger partial charge in [0.05, 0.1) is 0 Å². The molecule has 0 spiro atoms. The van der Waals surface area contributed by atoms with Crippen LogP contribution in [0.15, 0.2) is 6.07 Å². The van der Waals surface area contributed by atoms with Crippen LogP contribution >= 0.6 is 11.3 Å². The second kappa shape index (κ2) is 5.79. The molecule has 1 fully saturated rings. The molecule has 0 saturated carbocycles. The van der Waals surface area contributed by atoms with Crippen molar-refractivity contribution in [2.24, 2.45) is 0 Å². The van der Waals surface area contributed by atoms with E-state index >= 15 is 0 Å². The van der Waals surface area contributed by atoms with Gasteiger partial charge in [-0.25, -0.2) is 9.80 Å². The summed E-state index contributed by atoms with van der Waals surface area (Å²) in [6.07, 6.45) is 0. The molecule has 100 valence electrons. The average Bonchev–Trinajstić information content (AvgIpc) is 2.70. The van der Waals surface area contributed by atoms with Crippen molar-refractivity contribution in [3.63, 3.8) is 0 Å². The maximum Gasteiger partial charge on any atom is 0.345 e. The molecule has 0 aromatic carbocycles. The summed E-state index contributed by atoms with van der Waals surface area (Å²) in [5, 5.41) is 11.1. The number of hydrogen-bond donors (Lipinski definition) is 2. The van der Waals surface area contributed by atoms with Crippen LogP contribution in [0.3, 0.4) is 0 Å². The number of nitrogens with one attached hydrogen (secondary N) is 1. The summed E-state index contributed by atoms with van der Waals surface area (Å²) in [6, 6.07) is 1.77. The van der Waals surface area contributed by atoms with Crippen LogP contribution in [0.25, 0.3) is 0 Å². The highest BCUT2D eigenvalue weighted by atomic mass is 32.1. The van der Waals surface area contributed by atoms with E-state index in [1.165, 1.54) is 11.3 Å². The van der Waals surface area contributed by atoms with E-state index in [2.05, 4.69) is 22.4 Å². The molecule has 1 aromatic heterocycles. The second-order valence-electron chi connectivity index (χ2n) is 4.62. The number of rotatable bonds is 4. The van der Waals surface area contributed by atoms with Crippen LogP contribution in [0.1, 0.15) is 20.1 Å². The molecule has 0 bridgehead atoms. The Morgan fingerprint density at radius 3 is 2.67 bits per heavy atom. The van der Waals surface area contributed by atoms with Gasteiger partial charge in [0.15, 0.2) is 0 Å². The van der Waals surface area contributed by atoms with Crippen LogP contribution < -0.4 is 5.43 Å². The maximum atomic E-state index is 10.9. The zero-order chi connectivity index (χ0) is 13.1. The molecule has 1 aromatic rings. The number of nitrogens with zero attached hydrogens (tertiary/aromatic N) is 2. The van der Waals surface area contributed by atoms with Gasteiger partial charge in [-0.2, -0.15) is 0 Å². The molecule has 0 atom stereocenters. The van der Waals surface area contributed by atoms with Gasteiger partial charge in [-0.15, -0.1) is 11.3 Å². The van der Waals surface area contributed by atoms with Crippen molar-refractivity contribution in [1.82, 2.24) is 15.3 Å². The number of carboxylic acids is 1. The third kappa shape index (κ3) is 3.29. The maximum absolute atomic E-state index is 10.9. The van der Waals surface area contributed by atoms with E-state index in [-0.39, 0.29) is 0 Å². The number of thiophene rings is 1. The lowest BCUT2D eigenvalue weighted by atomic mass is 10.2. The highest BCUT2D eigenvalue weighted by Crippen LogP contribution is 2.21. The third-order valence-electron chi connectivity index (χ3n) is 3.23. The Balaban J connectivity index is 1.88. The van der Waals surface area contributed by atoms with E-state index in [9.17, 15) is 4.79 Å². The van der Waals surface area contributed by atoms with Crippen LogP contribution in [-0.2, 0) is 6.54 Å². The van der Waals surface area contributed by atoms with E-state index in [0.717, 1.165) is 36.6 Å². The summed E-state index contributed by atoms with van der Waals surface area (Å²) in [4.78, 5) is 14.7. The summed E-state index contributed by atoms with van der Waals surface area (Å²) in [6.45, 7) is 6.82. The minimum Gasteiger partial charge on any atom is -0.477 e. The van der Waals surface area contributed by atoms with E-state index in [1.54, 1.807) is 6.07 Å². The minimum atomic E-state index is -0.839. The second-order valence-corrected chi connectivity index (χ2v) is 5.88. The van der Waals surface area contributed by atoms with Crippen LogP contribution in [-0.4, -0.2) is 54.2 Å². The monoisotopic (exact) mass is 269 g/mol. The first kappa shape index (κ1) is 13.5. The van der Waals surface area contributed by atoms with Gasteiger partial charge < -0.3 is 10.0 Å². The van der Waals surface area contributed by atoms with Crippen LogP contribution in [0.2, 0.25) is 0 Å². The number of hydrogen-bond acceptors (Lipinski definition) is 5. The summed E-state index contributed by atoms with van der Waals surface area (Å²) >= 11 is 1.34. The SMILES string of the molecule is Cc1sc(C(=O)O)cc1CNN1CCN(C)CC1. The smallest absolute Gasteiger partial charge is 0.345 e. The zero-order valence-corrected chi connectivity index (χ0v) is 11.6. The van der Waals surface area contributed by atoms with Crippen molar-refractivity contribution < 1.29 is 9.90 Å². The fourth-order valence-corrected chi connectivity index (χ4v) is 2.84. The summed E-state index contributed by atoms with van der Waals surface area (Å²) < 4.78 is 0. The van der Waals surface area contributed by atoms with Gasteiger partial charge in [0.2, 0.25) is 0 Å². The molecule has 18 heavy (non-hydrogen) atoms. The predicted octanol–water partition coefficient (Wildman–Crippen LogP) is 1.01. The lowest BCUT2D eigenvalue weighted by Gasteiger charge is -2.32. The molecule has 5 nitrogen and oxygen atoms in total. The molecule has 0 radical (unpaired) electrons. The van der Waals surface area contributed by atoms with Gasteiger partial charge in [-0.3, -0.25) is 5.43 Å².